The van der Waals surface area contributed by atoms with Gasteiger partial charge in [-0.3, -0.25) is 4.79 Å². The minimum atomic E-state index is -1.15. The molecule has 140 valence electrons. The minimum Gasteiger partial charge on any atom is -0.550 e. The Labute approximate surface area is 151 Å². The zero-order chi connectivity index (χ0) is 19.4. The number of amides is 1. The van der Waals surface area contributed by atoms with Gasteiger partial charge in [0, 0.05) is 29.0 Å². The molecule has 0 aliphatic heterocycles. The van der Waals surface area contributed by atoms with Crippen molar-refractivity contribution >= 4 is 22.8 Å². The standard InChI is InChI=1S/C19H23NO6/c1-10-11(2)19(24)26-17-12(3)15(8-7-14(10)17)25-13(4)18(23)20-9-5-6-16(21)22/h7-8,13H,5-6,9H2,1-4H3,(H,20,23)(H,21,22)/p-1/t13-/m1/s1. The fraction of sp³-hybridized carbons (Fsp3) is 0.421. The first-order chi connectivity index (χ1) is 12.2. The topological polar surface area (TPSA) is 109 Å². The molecule has 0 unspecified atom stereocenters. The summed E-state index contributed by atoms with van der Waals surface area (Å²) in [5.74, 6) is -1.06. The maximum atomic E-state index is 12.0. The summed E-state index contributed by atoms with van der Waals surface area (Å²) in [6.07, 6.45) is -0.608. The minimum absolute atomic E-state index is 0.114. The molecule has 1 aromatic carbocycles. The molecule has 1 N–H and O–H groups in total. The van der Waals surface area contributed by atoms with E-state index in [0.29, 0.717) is 28.9 Å². The van der Waals surface area contributed by atoms with Gasteiger partial charge in [0.05, 0.1) is 0 Å². The number of carbonyl (C=O) groups is 2. The lowest BCUT2D eigenvalue weighted by Gasteiger charge is -2.17. The number of benzene rings is 1. The van der Waals surface area contributed by atoms with E-state index in [2.05, 4.69) is 5.32 Å². The van der Waals surface area contributed by atoms with Crippen LogP contribution in [0.15, 0.2) is 21.3 Å². The summed E-state index contributed by atoms with van der Waals surface area (Å²) >= 11 is 0. The van der Waals surface area contributed by atoms with Gasteiger partial charge in [-0.1, -0.05) is 0 Å². The summed E-state index contributed by atoms with van der Waals surface area (Å²) in [5, 5.41) is 13.8. The molecule has 0 aliphatic carbocycles. The molecule has 0 aliphatic rings. The Bertz CT molecular complexity index is 899. The molecule has 0 radical (unpaired) electrons. The molecule has 0 bridgehead atoms. The van der Waals surface area contributed by atoms with E-state index in [1.165, 1.54) is 0 Å². The lowest BCUT2D eigenvalue weighted by atomic mass is 10.0. The van der Waals surface area contributed by atoms with E-state index in [4.69, 9.17) is 9.15 Å². The third-order valence-electron chi connectivity index (χ3n) is 4.35. The van der Waals surface area contributed by atoms with Crippen LogP contribution in [0.5, 0.6) is 5.75 Å². The van der Waals surface area contributed by atoms with Crippen molar-refractivity contribution in [2.75, 3.05) is 6.54 Å². The SMILES string of the molecule is Cc1c(C)c2ccc(O[C@H](C)C(=O)NCCCC(=O)[O-])c(C)c2oc1=O. The second-order valence-corrected chi connectivity index (χ2v) is 6.23. The van der Waals surface area contributed by atoms with Crippen LogP contribution < -0.4 is 20.8 Å². The Hall–Kier alpha value is -2.83. The normalized spacial score (nSPS) is 12.0. The number of aryl methyl sites for hydroxylation is 2. The summed E-state index contributed by atoms with van der Waals surface area (Å²) in [6.45, 7) is 7.16. The van der Waals surface area contributed by atoms with Crippen molar-refractivity contribution in [1.82, 2.24) is 5.32 Å². The number of hydrogen-bond donors (Lipinski definition) is 1. The van der Waals surface area contributed by atoms with Gasteiger partial charge in [-0.25, -0.2) is 4.79 Å². The van der Waals surface area contributed by atoms with Gasteiger partial charge >= 0.3 is 5.63 Å². The second-order valence-electron chi connectivity index (χ2n) is 6.23. The summed E-state index contributed by atoms with van der Waals surface area (Å²) in [7, 11) is 0. The molecular weight excluding hydrogens is 338 g/mol. The first-order valence-corrected chi connectivity index (χ1v) is 8.40. The van der Waals surface area contributed by atoms with Gasteiger partial charge in [0.25, 0.3) is 5.91 Å². The molecule has 0 spiro atoms. The molecule has 26 heavy (non-hydrogen) atoms. The molecule has 7 nitrogen and oxygen atoms in total. The van der Waals surface area contributed by atoms with Crippen LogP contribution in [0.25, 0.3) is 11.0 Å². The van der Waals surface area contributed by atoms with E-state index in [1.807, 2.05) is 6.92 Å². The molecule has 0 saturated carbocycles. The molecule has 1 amide bonds. The highest BCUT2D eigenvalue weighted by Gasteiger charge is 2.18. The van der Waals surface area contributed by atoms with Crippen molar-refractivity contribution < 1.29 is 23.8 Å². The molecule has 0 fully saturated rings. The molecule has 1 heterocycles. The number of carbonyl (C=O) groups excluding carboxylic acids is 2. The van der Waals surface area contributed by atoms with Gasteiger partial charge in [0.15, 0.2) is 6.10 Å². The number of hydrogen-bond acceptors (Lipinski definition) is 6. The highest BCUT2D eigenvalue weighted by Crippen LogP contribution is 2.29. The van der Waals surface area contributed by atoms with E-state index in [-0.39, 0.29) is 18.9 Å². The highest BCUT2D eigenvalue weighted by molar-refractivity contribution is 5.86. The average molecular weight is 360 g/mol. The van der Waals surface area contributed by atoms with Crippen LogP contribution in [0.4, 0.5) is 0 Å². The lowest BCUT2D eigenvalue weighted by Crippen LogP contribution is -2.37. The largest absolute Gasteiger partial charge is 0.550 e. The van der Waals surface area contributed by atoms with E-state index >= 15 is 0 Å². The van der Waals surface area contributed by atoms with Gasteiger partial charge < -0.3 is 24.4 Å². The number of carboxylic acid groups (broad SMARTS) is 1. The zero-order valence-electron chi connectivity index (χ0n) is 15.3. The molecule has 1 atom stereocenters. The van der Waals surface area contributed by atoms with Crippen molar-refractivity contribution in [3.8, 4) is 5.75 Å². The predicted molar refractivity (Wildman–Crippen MR) is 94.0 cm³/mol. The van der Waals surface area contributed by atoms with Crippen LogP contribution in [0.3, 0.4) is 0 Å². The van der Waals surface area contributed by atoms with Crippen LogP contribution in [0.2, 0.25) is 0 Å². The number of rotatable bonds is 7. The van der Waals surface area contributed by atoms with Gasteiger partial charge in [-0.2, -0.15) is 0 Å². The summed E-state index contributed by atoms with van der Waals surface area (Å²) < 4.78 is 11.1. The first kappa shape index (κ1) is 19.5. The summed E-state index contributed by atoms with van der Waals surface area (Å²) in [6, 6.07) is 3.54. The monoisotopic (exact) mass is 360 g/mol. The Morgan fingerprint density at radius 2 is 1.88 bits per heavy atom. The quantitative estimate of drug-likeness (QED) is 0.586. The number of aliphatic carboxylic acids is 1. The van der Waals surface area contributed by atoms with Gasteiger partial charge in [-0.15, -0.1) is 0 Å². The lowest BCUT2D eigenvalue weighted by molar-refractivity contribution is -0.305. The van der Waals surface area contributed by atoms with Crippen molar-refractivity contribution in [2.45, 2.75) is 46.6 Å². The first-order valence-electron chi connectivity index (χ1n) is 8.40. The number of fused-ring (bicyclic) bond motifs is 1. The molecular formula is C19H22NO6-. The van der Waals surface area contributed by atoms with Crippen LogP contribution in [-0.2, 0) is 9.59 Å². The van der Waals surface area contributed by atoms with Gasteiger partial charge in [-0.05, 0) is 58.2 Å². The highest BCUT2D eigenvalue weighted by atomic mass is 16.5. The fourth-order valence-corrected chi connectivity index (χ4v) is 2.58. The third kappa shape index (κ3) is 4.22. The van der Waals surface area contributed by atoms with Crippen LogP contribution in [-0.4, -0.2) is 24.5 Å². The maximum absolute atomic E-state index is 12.0. The zero-order valence-corrected chi connectivity index (χ0v) is 15.3. The van der Waals surface area contributed by atoms with E-state index in [1.54, 1.807) is 32.9 Å². The molecule has 1 aromatic heterocycles. The number of carboxylic acids is 1. The Kier molecular flexibility index (Phi) is 6.02. The smallest absolute Gasteiger partial charge is 0.339 e. The molecule has 2 aromatic rings. The van der Waals surface area contributed by atoms with Crippen LogP contribution in [0, 0.1) is 20.8 Å². The van der Waals surface area contributed by atoms with E-state index < -0.39 is 17.7 Å². The molecule has 7 heteroatoms. The van der Waals surface area contributed by atoms with Gasteiger partial charge in [0.1, 0.15) is 11.3 Å². The third-order valence-corrected chi connectivity index (χ3v) is 4.35. The van der Waals surface area contributed by atoms with Crippen molar-refractivity contribution in [3.63, 3.8) is 0 Å². The van der Waals surface area contributed by atoms with E-state index in [9.17, 15) is 19.5 Å². The van der Waals surface area contributed by atoms with Crippen molar-refractivity contribution in [3.05, 3.63) is 39.2 Å². The fourth-order valence-electron chi connectivity index (χ4n) is 2.58. The Morgan fingerprint density at radius 1 is 1.19 bits per heavy atom. The van der Waals surface area contributed by atoms with Crippen molar-refractivity contribution in [2.24, 2.45) is 0 Å². The molecule has 0 saturated heterocycles. The van der Waals surface area contributed by atoms with E-state index in [0.717, 1.165) is 10.9 Å². The van der Waals surface area contributed by atoms with Crippen LogP contribution >= 0.6 is 0 Å². The number of ether oxygens (including phenoxy) is 1. The second kappa shape index (κ2) is 8.03. The maximum Gasteiger partial charge on any atom is 0.339 e. The number of nitrogens with one attached hydrogen (secondary N) is 1. The Balaban J connectivity index is 2.14. The summed E-state index contributed by atoms with van der Waals surface area (Å²) in [5.41, 5.74) is 2.10. The van der Waals surface area contributed by atoms with Gasteiger partial charge in [0.2, 0.25) is 0 Å². The predicted octanol–water partition coefficient (Wildman–Crippen LogP) is 1.13. The Morgan fingerprint density at radius 3 is 2.54 bits per heavy atom. The molecule has 2 rings (SSSR count). The van der Waals surface area contributed by atoms with Crippen molar-refractivity contribution in [1.29, 1.82) is 0 Å². The van der Waals surface area contributed by atoms with Crippen LogP contribution in [0.1, 0.15) is 36.5 Å². The average Bonchev–Trinajstić information content (AvgIpc) is 2.59. The summed E-state index contributed by atoms with van der Waals surface area (Å²) in [4.78, 5) is 34.3.